The maximum atomic E-state index is 14.2. The molecule has 3 unspecified atom stereocenters. The van der Waals surface area contributed by atoms with Gasteiger partial charge >= 0.3 is 6.18 Å². The van der Waals surface area contributed by atoms with Gasteiger partial charge in [-0.2, -0.15) is 13.2 Å². The first-order valence-corrected chi connectivity index (χ1v) is 10.7. The van der Waals surface area contributed by atoms with Crippen LogP contribution in [0.4, 0.5) is 33.5 Å². The number of nitrogens with zero attached hydrogens (tertiary/aromatic N) is 3. The molecular formula is C19H20F5N5O2S. The molecule has 13 heteroatoms. The lowest BCUT2D eigenvalue weighted by molar-refractivity contribution is -0.137. The van der Waals surface area contributed by atoms with E-state index in [1.165, 1.54) is 37.1 Å². The Kier molecular flexibility index (Phi) is 6.52. The molecule has 3 heterocycles. The van der Waals surface area contributed by atoms with Crippen molar-refractivity contribution in [1.82, 2.24) is 9.97 Å². The van der Waals surface area contributed by atoms with Gasteiger partial charge in [0.05, 0.1) is 11.1 Å². The molecule has 3 rings (SSSR count). The Morgan fingerprint density at radius 2 is 1.84 bits per heavy atom. The molecule has 1 aliphatic heterocycles. The molecule has 0 saturated carbocycles. The number of halogens is 5. The molecule has 174 valence electrons. The van der Waals surface area contributed by atoms with Gasteiger partial charge in [0.25, 0.3) is 11.8 Å². The summed E-state index contributed by atoms with van der Waals surface area (Å²) in [7, 11) is -1.94. The quantitative estimate of drug-likeness (QED) is 0.657. The number of aromatic nitrogens is 2. The van der Waals surface area contributed by atoms with Crippen molar-refractivity contribution in [3.8, 4) is 0 Å². The number of carbonyl (C=O) groups excluding carboxylic acids is 1. The molecule has 1 aliphatic rings. The lowest BCUT2D eigenvalue weighted by Crippen LogP contribution is -2.52. The summed E-state index contributed by atoms with van der Waals surface area (Å²) in [6, 6.07) is 3.17. The first kappa shape index (κ1) is 24.0. The van der Waals surface area contributed by atoms with Crippen LogP contribution in [0.2, 0.25) is 0 Å². The van der Waals surface area contributed by atoms with Crippen LogP contribution in [-0.4, -0.2) is 39.1 Å². The number of amides is 1. The number of anilines is 2. The van der Waals surface area contributed by atoms with Gasteiger partial charge in [0.2, 0.25) is 0 Å². The van der Waals surface area contributed by atoms with Crippen molar-refractivity contribution < 1.29 is 31.0 Å². The van der Waals surface area contributed by atoms with E-state index < -0.39 is 52.0 Å². The highest BCUT2D eigenvalue weighted by molar-refractivity contribution is 7.82. The maximum absolute atomic E-state index is 14.2. The van der Waals surface area contributed by atoms with Gasteiger partial charge in [-0.1, -0.05) is 13.8 Å². The Bertz CT molecular complexity index is 1040. The molecule has 3 atom stereocenters. The van der Waals surface area contributed by atoms with E-state index in [4.69, 9.17) is 5.14 Å². The second-order valence-electron chi connectivity index (χ2n) is 7.61. The Morgan fingerprint density at radius 3 is 2.41 bits per heavy atom. The van der Waals surface area contributed by atoms with Crippen molar-refractivity contribution in [2.24, 2.45) is 17.0 Å². The maximum Gasteiger partial charge on any atom is 0.417 e. The van der Waals surface area contributed by atoms with Crippen molar-refractivity contribution in [3.63, 3.8) is 0 Å². The van der Waals surface area contributed by atoms with Crippen LogP contribution in [-0.2, 0) is 17.2 Å². The Morgan fingerprint density at radius 1 is 1.22 bits per heavy atom. The number of hydrogen-bond donors (Lipinski definition) is 2. The van der Waals surface area contributed by atoms with E-state index in [2.05, 4.69) is 15.3 Å². The van der Waals surface area contributed by atoms with E-state index in [-0.39, 0.29) is 29.6 Å². The highest BCUT2D eigenvalue weighted by Crippen LogP contribution is 2.40. The topological polar surface area (TPSA) is 101 Å². The largest absolute Gasteiger partial charge is 0.417 e. The van der Waals surface area contributed by atoms with E-state index in [1.54, 1.807) is 0 Å². The first-order valence-electron chi connectivity index (χ1n) is 9.44. The van der Waals surface area contributed by atoms with E-state index in [0.29, 0.717) is 12.3 Å². The molecule has 0 spiro atoms. The van der Waals surface area contributed by atoms with Gasteiger partial charge in [-0.05, 0) is 18.2 Å². The van der Waals surface area contributed by atoms with Gasteiger partial charge in [0.1, 0.15) is 21.8 Å². The summed E-state index contributed by atoms with van der Waals surface area (Å²) in [5.41, 5.74) is -1.50. The smallest absolute Gasteiger partial charge is 0.355 e. The third kappa shape index (κ3) is 4.88. The number of piperidine rings is 1. The fourth-order valence-corrected chi connectivity index (χ4v) is 3.87. The average Bonchev–Trinajstić information content (AvgIpc) is 2.71. The van der Waals surface area contributed by atoms with Crippen molar-refractivity contribution in [2.45, 2.75) is 31.0 Å². The zero-order valence-corrected chi connectivity index (χ0v) is 17.8. The highest BCUT2D eigenvalue weighted by Gasteiger charge is 2.48. The Labute approximate surface area is 182 Å². The van der Waals surface area contributed by atoms with Gasteiger partial charge in [-0.15, -0.1) is 0 Å². The van der Waals surface area contributed by atoms with Crippen LogP contribution < -0.4 is 15.4 Å². The lowest BCUT2D eigenvalue weighted by atomic mass is 9.87. The number of carbonyl (C=O) groups is 1. The van der Waals surface area contributed by atoms with Gasteiger partial charge in [-0.3, -0.25) is 4.79 Å². The molecule has 2 aromatic rings. The predicted molar refractivity (Wildman–Crippen MR) is 108 cm³/mol. The molecule has 0 aromatic carbocycles. The second kappa shape index (κ2) is 8.70. The van der Waals surface area contributed by atoms with Crippen LogP contribution in [0.3, 0.4) is 0 Å². The molecule has 0 bridgehead atoms. The van der Waals surface area contributed by atoms with Crippen molar-refractivity contribution in [3.05, 3.63) is 41.7 Å². The first-order chi connectivity index (χ1) is 14.8. The number of hydrogen-bond acceptors (Lipinski definition) is 5. The summed E-state index contributed by atoms with van der Waals surface area (Å²) in [5.74, 6) is -6.25. The summed E-state index contributed by atoms with van der Waals surface area (Å²) < 4.78 is 79.6. The lowest BCUT2D eigenvalue weighted by Gasteiger charge is -2.42. The van der Waals surface area contributed by atoms with Crippen LogP contribution in [0.15, 0.2) is 35.6 Å². The minimum atomic E-state index is -4.77. The molecule has 0 aliphatic carbocycles. The zero-order chi connectivity index (χ0) is 23.8. The average molecular weight is 477 g/mol. The molecule has 7 nitrogen and oxygen atoms in total. The molecule has 2 aromatic heterocycles. The van der Waals surface area contributed by atoms with E-state index >= 15 is 0 Å². The molecule has 0 radical (unpaired) electrons. The Balaban J connectivity index is 2.00. The number of pyridine rings is 2. The van der Waals surface area contributed by atoms with E-state index in [0.717, 1.165) is 0 Å². The highest BCUT2D eigenvalue weighted by atomic mass is 32.2. The fraction of sp³-hybridized carbons (Fsp3) is 0.421. The van der Waals surface area contributed by atoms with Gasteiger partial charge in [-0.25, -0.2) is 28.1 Å². The second-order valence-corrected chi connectivity index (χ2v) is 8.62. The van der Waals surface area contributed by atoms with Crippen LogP contribution in [0.25, 0.3) is 0 Å². The van der Waals surface area contributed by atoms with Crippen molar-refractivity contribution in [1.29, 1.82) is 0 Å². The summed E-state index contributed by atoms with van der Waals surface area (Å²) in [6.07, 6.45) is -2.98. The van der Waals surface area contributed by atoms with E-state index in [1.807, 2.05) is 0 Å². The van der Waals surface area contributed by atoms with Crippen molar-refractivity contribution in [2.75, 3.05) is 23.3 Å². The third-order valence-corrected chi connectivity index (χ3v) is 5.88. The normalized spacial score (nSPS) is 21.8. The fourth-order valence-electron chi connectivity index (χ4n) is 3.47. The number of nitrogens with one attached hydrogen (secondary N) is 1. The summed E-state index contributed by atoms with van der Waals surface area (Å²) in [6.45, 7) is 2.28. The van der Waals surface area contributed by atoms with Gasteiger partial charge in [0, 0.05) is 43.0 Å². The Hall–Kier alpha value is -2.67. The molecule has 32 heavy (non-hydrogen) atoms. The third-order valence-electron chi connectivity index (χ3n) is 5.24. The molecule has 1 saturated heterocycles. The SMILES string of the molecule is CC1CN(c2ncc(C(F)(F)F)cc2C(=O)Nc2ccnc(S(N)=O)c2)CC(C)C1(F)F. The molecule has 1 amide bonds. The standard InChI is InChI=1S/C19H20F5N5O2S/c1-10-8-29(9-11(2)18(10,20)21)16-14(5-12(7-27-16)19(22,23)24)17(30)28-13-3-4-26-15(6-13)32(25)31/h3-7,10-11H,8-9,25H2,1-2H3,(H,26,28,30). The summed E-state index contributed by atoms with van der Waals surface area (Å²) in [4.78, 5) is 21.9. The van der Waals surface area contributed by atoms with Crippen molar-refractivity contribution >= 4 is 28.4 Å². The van der Waals surface area contributed by atoms with Crippen LogP contribution >= 0.6 is 0 Å². The van der Waals surface area contributed by atoms with Gasteiger partial charge in [0.15, 0.2) is 0 Å². The van der Waals surface area contributed by atoms with Crippen LogP contribution in [0, 0.1) is 11.8 Å². The number of alkyl halides is 5. The minimum absolute atomic E-state index is 0.0499. The molecule has 1 fully saturated rings. The number of rotatable bonds is 4. The van der Waals surface area contributed by atoms with Gasteiger partial charge < -0.3 is 10.2 Å². The minimum Gasteiger partial charge on any atom is -0.355 e. The summed E-state index contributed by atoms with van der Waals surface area (Å²) in [5, 5.41) is 7.61. The predicted octanol–water partition coefficient (Wildman–Crippen LogP) is 3.46. The van der Waals surface area contributed by atoms with Crippen LogP contribution in [0.1, 0.15) is 29.8 Å². The molecule has 3 N–H and O–H groups in total. The van der Waals surface area contributed by atoms with Crippen LogP contribution in [0.5, 0.6) is 0 Å². The molecular weight excluding hydrogens is 457 g/mol. The summed E-state index contributed by atoms with van der Waals surface area (Å²) >= 11 is 0. The monoisotopic (exact) mass is 477 g/mol. The number of nitrogens with two attached hydrogens (primary N) is 1. The van der Waals surface area contributed by atoms with E-state index in [9.17, 15) is 31.0 Å². The zero-order valence-electron chi connectivity index (χ0n) is 17.0.